The lowest BCUT2D eigenvalue weighted by Crippen LogP contribution is -2.45. The minimum Gasteiger partial charge on any atom is -0.486 e. The molecule has 20 heavy (non-hydrogen) atoms. The zero-order chi connectivity index (χ0) is 14.4. The van der Waals surface area contributed by atoms with Crippen molar-refractivity contribution >= 4 is 11.5 Å². The van der Waals surface area contributed by atoms with Crippen molar-refractivity contribution in [2.24, 2.45) is 5.16 Å². The second-order valence-electron chi connectivity index (χ2n) is 4.46. The maximum atomic E-state index is 12.7. The Morgan fingerprint density at radius 2 is 2.20 bits per heavy atom. The molecule has 0 saturated carbocycles. The largest absolute Gasteiger partial charge is 0.486 e. The fourth-order valence-electron chi connectivity index (χ4n) is 1.99. The van der Waals surface area contributed by atoms with Gasteiger partial charge in [-0.1, -0.05) is 5.16 Å². The van der Waals surface area contributed by atoms with Crippen LogP contribution in [0.4, 0.5) is 4.39 Å². The summed E-state index contributed by atoms with van der Waals surface area (Å²) in [5.41, 5.74) is 0.805. The fraction of sp³-hybridized carbons (Fsp3) is 0.357. The molecule has 1 aromatic carbocycles. The van der Waals surface area contributed by atoms with E-state index in [0.29, 0.717) is 18.7 Å². The van der Waals surface area contributed by atoms with Crippen molar-refractivity contribution in [1.82, 2.24) is 5.32 Å². The molecule has 5 nitrogen and oxygen atoms in total. The van der Waals surface area contributed by atoms with E-state index in [9.17, 15) is 9.18 Å². The van der Waals surface area contributed by atoms with E-state index in [1.54, 1.807) is 0 Å². The first kappa shape index (κ1) is 14.5. The van der Waals surface area contributed by atoms with Crippen molar-refractivity contribution in [3.63, 3.8) is 0 Å². The molecule has 1 aliphatic heterocycles. The lowest BCUT2D eigenvalue weighted by atomic mass is 10.00. The summed E-state index contributed by atoms with van der Waals surface area (Å²) in [4.78, 5) is 16.5. The molecule has 1 atom stereocenters. The molecular formula is C14H16FN2O3. The van der Waals surface area contributed by atoms with Gasteiger partial charge in [-0.3, -0.25) is 4.79 Å². The molecule has 1 unspecified atom stereocenters. The number of benzene rings is 1. The summed E-state index contributed by atoms with van der Waals surface area (Å²) in [6.45, 7) is 0.594. The Bertz CT molecular complexity index is 488. The van der Waals surface area contributed by atoms with E-state index in [1.807, 2.05) is 0 Å². The van der Waals surface area contributed by atoms with Crippen LogP contribution >= 0.6 is 0 Å². The standard InChI is InChI=1S/C14H16FN2O3/c1-19-17-11-6-7-16-13(8-11)14(18)9-20-12-4-2-10(15)3-5-12/h2-5,13,16H,1,6-9H2. The van der Waals surface area contributed by atoms with Crippen molar-refractivity contribution < 1.29 is 18.8 Å². The van der Waals surface area contributed by atoms with Gasteiger partial charge in [-0.2, -0.15) is 0 Å². The van der Waals surface area contributed by atoms with Gasteiger partial charge in [-0.15, -0.1) is 0 Å². The van der Waals surface area contributed by atoms with E-state index in [4.69, 9.17) is 4.74 Å². The van der Waals surface area contributed by atoms with Gasteiger partial charge in [0.05, 0.1) is 11.8 Å². The Morgan fingerprint density at radius 1 is 1.45 bits per heavy atom. The third kappa shape index (κ3) is 4.03. The van der Waals surface area contributed by atoms with Crippen LogP contribution in [0.3, 0.4) is 0 Å². The van der Waals surface area contributed by atoms with E-state index >= 15 is 0 Å². The van der Waals surface area contributed by atoms with Crippen molar-refractivity contribution in [2.45, 2.75) is 18.9 Å². The third-order valence-corrected chi connectivity index (χ3v) is 3.02. The number of carbonyl (C=O) groups excluding carboxylic acids is 1. The minimum atomic E-state index is -0.341. The summed E-state index contributed by atoms with van der Waals surface area (Å²) in [5.74, 6) is 0.0444. The first-order valence-corrected chi connectivity index (χ1v) is 6.30. The number of nitrogens with one attached hydrogen (secondary N) is 1. The molecule has 0 spiro atoms. The van der Waals surface area contributed by atoms with Crippen molar-refractivity contribution in [3.05, 3.63) is 37.2 Å². The molecule has 1 N–H and O–H groups in total. The van der Waals surface area contributed by atoms with Crippen LogP contribution in [0.25, 0.3) is 0 Å². The van der Waals surface area contributed by atoms with E-state index in [1.165, 1.54) is 24.3 Å². The van der Waals surface area contributed by atoms with Gasteiger partial charge >= 0.3 is 0 Å². The van der Waals surface area contributed by atoms with Crippen molar-refractivity contribution in [2.75, 3.05) is 13.2 Å². The summed E-state index contributed by atoms with van der Waals surface area (Å²) in [5, 5.41) is 6.88. The summed E-state index contributed by atoms with van der Waals surface area (Å²) < 4.78 is 18.1. The maximum Gasteiger partial charge on any atom is 0.187 e. The molecule has 0 aromatic heterocycles. The summed E-state index contributed by atoms with van der Waals surface area (Å²) in [7, 11) is 3.18. The van der Waals surface area contributed by atoms with Gasteiger partial charge in [-0.25, -0.2) is 4.39 Å². The number of rotatable bonds is 5. The van der Waals surface area contributed by atoms with E-state index in [-0.39, 0.29) is 24.2 Å². The molecule has 1 aliphatic rings. The number of oxime groups is 1. The second kappa shape index (κ2) is 7.00. The van der Waals surface area contributed by atoms with Gasteiger partial charge < -0.3 is 14.9 Å². The highest BCUT2D eigenvalue weighted by Crippen LogP contribution is 2.12. The summed E-state index contributed by atoms with van der Waals surface area (Å²) in [6.07, 6.45) is 1.22. The van der Waals surface area contributed by atoms with E-state index in [0.717, 1.165) is 12.1 Å². The molecule has 1 saturated heterocycles. The normalized spacial score (nSPS) is 20.7. The molecule has 107 valence electrons. The Balaban J connectivity index is 1.85. The van der Waals surface area contributed by atoms with Crippen LogP contribution in [-0.4, -0.2) is 30.7 Å². The number of carbonyl (C=O) groups is 1. The molecule has 0 amide bonds. The SMILES string of the molecule is [CH2]ON=C1CCNC(C(=O)COc2ccc(F)cc2)C1. The number of hydrogen-bond acceptors (Lipinski definition) is 5. The monoisotopic (exact) mass is 279 g/mol. The third-order valence-electron chi connectivity index (χ3n) is 3.02. The van der Waals surface area contributed by atoms with Gasteiger partial charge in [0.25, 0.3) is 0 Å². The number of hydrogen-bond donors (Lipinski definition) is 1. The molecule has 0 aliphatic carbocycles. The van der Waals surface area contributed by atoms with Gasteiger partial charge in [0.1, 0.15) is 18.2 Å². The zero-order valence-corrected chi connectivity index (χ0v) is 11.0. The molecule has 1 radical (unpaired) electrons. The smallest absolute Gasteiger partial charge is 0.187 e. The minimum absolute atomic E-state index is 0.0676. The van der Waals surface area contributed by atoms with Gasteiger partial charge in [-0.05, 0) is 24.3 Å². The molecule has 0 bridgehead atoms. The number of nitrogens with zero attached hydrogens (tertiary/aromatic N) is 1. The van der Waals surface area contributed by atoms with Crippen LogP contribution in [0.5, 0.6) is 5.75 Å². The van der Waals surface area contributed by atoms with Crippen molar-refractivity contribution in [1.29, 1.82) is 0 Å². The molecule has 1 aromatic rings. The Labute approximate surface area is 116 Å². The summed E-state index contributed by atoms with van der Waals surface area (Å²) in [6, 6.07) is 5.21. The number of Topliss-reactive ketones (excluding diaryl/α,β-unsaturated/α-hetero) is 1. The highest BCUT2D eigenvalue weighted by atomic mass is 19.1. The van der Waals surface area contributed by atoms with Crippen LogP contribution < -0.4 is 10.1 Å². The highest BCUT2D eigenvalue weighted by Gasteiger charge is 2.24. The predicted octanol–water partition coefficient (Wildman–Crippen LogP) is 1.69. The number of ether oxygens (including phenoxy) is 1. The lowest BCUT2D eigenvalue weighted by Gasteiger charge is -2.23. The van der Waals surface area contributed by atoms with E-state index in [2.05, 4.69) is 22.4 Å². The van der Waals surface area contributed by atoms with Gasteiger partial charge in [0.15, 0.2) is 12.9 Å². The van der Waals surface area contributed by atoms with E-state index < -0.39 is 0 Å². The molecular weight excluding hydrogens is 263 g/mol. The predicted molar refractivity (Wildman–Crippen MR) is 71.8 cm³/mol. The maximum absolute atomic E-state index is 12.7. The lowest BCUT2D eigenvalue weighted by molar-refractivity contribution is -0.123. The Hall–Kier alpha value is -1.95. The molecule has 1 fully saturated rings. The summed E-state index contributed by atoms with van der Waals surface area (Å²) >= 11 is 0. The highest BCUT2D eigenvalue weighted by molar-refractivity contribution is 5.94. The van der Waals surface area contributed by atoms with Crippen molar-refractivity contribution in [3.8, 4) is 5.75 Å². The van der Waals surface area contributed by atoms with Crippen LogP contribution in [-0.2, 0) is 9.63 Å². The molecule has 1 heterocycles. The average Bonchev–Trinajstić information content (AvgIpc) is 2.47. The molecule has 2 rings (SSSR count). The first-order chi connectivity index (χ1) is 9.69. The number of ketones is 1. The van der Waals surface area contributed by atoms with Crippen LogP contribution in [0.1, 0.15) is 12.8 Å². The van der Waals surface area contributed by atoms with Crippen LogP contribution in [0.2, 0.25) is 0 Å². The number of piperidine rings is 1. The first-order valence-electron chi connectivity index (χ1n) is 6.30. The van der Waals surface area contributed by atoms with Gasteiger partial charge in [0, 0.05) is 19.4 Å². The number of halogens is 1. The second-order valence-corrected chi connectivity index (χ2v) is 4.46. The average molecular weight is 279 g/mol. The fourth-order valence-corrected chi connectivity index (χ4v) is 1.99. The van der Waals surface area contributed by atoms with Crippen LogP contribution in [0, 0.1) is 12.9 Å². The van der Waals surface area contributed by atoms with Crippen LogP contribution in [0.15, 0.2) is 29.4 Å². The Morgan fingerprint density at radius 3 is 2.90 bits per heavy atom. The zero-order valence-electron chi connectivity index (χ0n) is 11.0. The topological polar surface area (TPSA) is 59.9 Å². The quantitative estimate of drug-likeness (QED) is 0.833. The van der Waals surface area contributed by atoms with Gasteiger partial charge in [0.2, 0.25) is 0 Å². The molecule has 6 heteroatoms. The Kier molecular flexibility index (Phi) is 5.06.